The Bertz CT molecular complexity index is 516. The zero-order valence-electron chi connectivity index (χ0n) is 12.3. The monoisotopic (exact) mass is 315 g/mol. The van der Waals surface area contributed by atoms with Crippen molar-refractivity contribution in [2.24, 2.45) is 5.92 Å². The molecule has 0 bridgehead atoms. The number of carboxylic acid groups (broad SMARTS) is 1. The average Bonchev–Trinajstić information content (AvgIpc) is 2.92. The summed E-state index contributed by atoms with van der Waals surface area (Å²) >= 11 is 0. The van der Waals surface area contributed by atoms with Crippen LogP contribution in [0.3, 0.4) is 0 Å². The van der Waals surface area contributed by atoms with E-state index >= 15 is 0 Å². The summed E-state index contributed by atoms with van der Waals surface area (Å²) in [5, 5.41) is 8.92. The highest BCUT2D eigenvalue weighted by Gasteiger charge is 2.30. The first kappa shape index (κ1) is 16.8. The van der Waals surface area contributed by atoms with Crippen LogP contribution in [0.2, 0.25) is 0 Å². The molecule has 0 aliphatic carbocycles. The van der Waals surface area contributed by atoms with Crippen molar-refractivity contribution in [3.63, 3.8) is 0 Å². The number of benzene rings is 1. The lowest BCUT2D eigenvalue weighted by atomic mass is 10.0. The number of aryl methyl sites for hydroxylation is 1. The van der Waals surface area contributed by atoms with Crippen LogP contribution in [0.5, 0.6) is 0 Å². The number of carbonyl (C=O) groups is 1. The highest BCUT2D eigenvalue weighted by Crippen LogP contribution is 2.29. The molecule has 1 heterocycles. The molecule has 122 valence electrons. The molecule has 1 fully saturated rings. The van der Waals surface area contributed by atoms with Gasteiger partial charge in [0, 0.05) is 6.54 Å². The summed E-state index contributed by atoms with van der Waals surface area (Å²) in [6.07, 6.45) is -1.33. The molecule has 0 saturated carbocycles. The van der Waals surface area contributed by atoms with E-state index < -0.39 is 17.7 Å². The first-order chi connectivity index (χ1) is 10.4. The van der Waals surface area contributed by atoms with Gasteiger partial charge in [0.15, 0.2) is 0 Å². The Morgan fingerprint density at radius 2 is 2.09 bits per heavy atom. The lowest BCUT2D eigenvalue weighted by Crippen LogP contribution is -2.24. The van der Waals surface area contributed by atoms with Crippen molar-refractivity contribution in [1.29, 1.82) is 0 Å². The maximum absolute atomic E-state index is 12.6. The fourth-order valence-corrected chi connectivity index (χ4v) is 2.81. The summed E-state index contributed by atoms with van der Waals surface area (Å²) in [7, 11) is 0. The number of likely N-dealkylation sites (tertiary alicyclic amines) is 1. The van der Waals surface area contributed by atoms with E-state index in [4.69, 9.17) is 5.11 Å². The smallest absolute Gasteiger partial charge is 0.416 e. The zero-order valence-corrected chi connectivity index (χ0v) is 12.3. The van der Waals surface area contributed by atoms with Crippen LogP contribution in [0.15, 0.2) is 24.3 Å². The minimum atomic E-state index is -4.29. The first-order valence-corrected chi connectivity index (χ1v) is 7.47. The molecule has 1 aliphatic rings. The topological polar surface area (TPSA) is 40.5 Å². The summed E-state index contributed by atoms with van der Waals surface area (Å²) < 4.78 is 37.8. The number of hydrogen-bond donors (Lipinski definition) is 1. The van der Waals surface area contributed by atoms with Gasteiger partial charge in [-0.3, -0.25) is 4.79 Å². The molecule has 0 spiro atoms. The van der Waals surface area contributed by atoms with Gasteiger partial charge in [0.05, 0.1) is 11.5 Å². The third-order valence-electron chi connectivity index (χ3n) is 4.07. The Morgan fingerprint density at radius 3 is 2.73 bits per heavy atom. The third kappa shape index (κ3) is 4.73. The third-order valence-corrected chi connectivity index (χ3v) is 4.07. The van der Waals surface area contributed by atoms with E-state index in [1.807, 2.05) is 0 Å². The molecular weight excluding hydrogens is 295 g/mol. The van der Waals surface area contributed by atoms with Crippen molar-refractivity contribution in [3.8, 4) is 0 Å². The van der Waals surface area contributed by atoms with Crippen LogP contribution < -0.4 is 0 Å². The molecule has 6 heteroatoms. The molecule has 1 atom stereocenters. The molecule has 1 aliphatic heterocycles. The Balaban J connectivity index is 1.72. The number of aliphatic carboxylic acids is 1. The van der Waals surface area contributed by atoms with Gasteiger partial charge in [0.2, 0.25) is 0 Å². The van der Waals surface area contributed by atoms with Crippen molar-refractivity contribution >= 4 is 5.97 Å². The molecule has 1 aromatic rings. The molecule has 0 radical (unpaired) electrons. The average molecular weight is 315 g/mol. The summed E-state index contributed by atoms with van der Waals surface area (Å²) in [5.74, 6) is -1.02. The van der Waals surface area contributed by atoms with Gasteiger partial charge in [-0.05, 0) is 50.4 Å². The summed E-state index contributed by atoms with van der Waals surface area (Å²) in [4.78, 5) is 13.0. The van der Waals surface area contributed by atoms with Gasteiger partial charge in [-0.25, -0.2) is 0 Å². The maximum Gasteiger partial charge on any atom is 0.416 e. The van der Waals surface area contributed by atoms with E-state index in [0.717, 1.165) is 32.0 Å². The summed E-state index contributed by atoms with van der Waals surface area (Å²) in [6, 6.07) is 5.44. The Labute approximate surface area is 127 Å². The molecule has 0 aromatic heterocycles. The van der Waals surface area contributed by atoms with Gasteiger partial charge < -0.3 is 10.0 Å². The molecule has 1 saturated heterocycles. The van der Waals surface area contributed by atoms with Crippen molar-refractivity contribution < 1.29 is 23.1 Å². The minimum absolute atomic E-state index is 0.275. The van der Waals surface area contributed by atoms with Crippen LogP contribution in [-0.2, 0) is 17.4 Å². The van der Waals surface area contributed by atoms with Gasteiger partial charge in [0.1, 0.15) is 0 Å². The van der Waals surface area contributed by atoms with Crippen LogP contribution in [0.4, 0.5) is 13.2 Å². The minimum Gasteiger partial charge on any atom is -0.481 e. The lowest BCUT2D eigenvalue weighted by Gasteiger charge is -2.15. The first-order valence-electron chi connectivity index (χ1n) is 7.47. The zero-order chi connectivity index (χ0) is 16.2. The lowest BCUT2D eigenvalue weighted by molar-refractivity contribution is -0.141. The number of hydrogen-bond acceptors (Lipinski definition) is 2. The van der Waals surface area contributed by atoms with Crippen LogP contribution in [-0.4, -0.2) is 35.6 Å². The fourth-order valence-electron chi connectivity index (χ4n) is 2.81. The summed E-state index contributed by atoms with van der Waals surface area (Å²) in [6.45, 7) is 2.18. The van der Waals surface area contributed by atoms with Crippen molar-refractivity contribution in [3.05, 3.63) is 35.4 Å². The van der Waals surface area contributed by atoms with E-state index in [0.29, 0.717) is 24.9 Å². The maximum atomic E-state index is 12.6. The van der Waals surface area contributed by atoms with Crippen LogP contribution >= 0.6 is 0 Å². The van der Waals surface area contributed by atoms with Gasteiger partial charge in [0.25, 0.3) is 0 Å². The molecule has 22 heavy (non-hydrogen) atoms. The molecule has 3 nitrogen and oxygen atoms in total. The van der Waals surface area contributed by atoms with E-state index in [2.05, 4.69) is 4.90 Å². The standard InChI is InChI=1S/C16H20F3NO2/c17-16(18,19)14-6-3-5-12(10-14)4-1-2-8-20-9-7-13(11-20)15(21)22/h3,5-6,10,13H,1-2,4,7-9,11H2,(H,21,22). The Morgan fingerprint density at radius 1 is 1.32 bits per heavy atom. The molecule has 2 rings (SSSR count). The normalized spacial score (nSPS) is 19.5. The highest BCUT2D eigenvalue weighted by molar-refractivity contribution is 5.70. The number of unbranched alkanes of at least 4 members (excludes halogenated alkanes) is 1. The van der Waals surface area contributed by atoms with Crippen molar-refractivity contribution in [2.45, 2.75) is 31.9 Å². The van der Waals surface area contributed by atoms with Gasteiger partial charge in [-0.2, -0.15) is 13.2 Å². The largest absolute Gasteiger partial charge is 0.481 e. The van der Waals surface area contributed by atoms with Crippen LogP contribution in [0, 0.1) is 5.92 Å². The second-order valence-electron chi connectivity index (χ2n) is 5.78. The Hall–Kier alpha value is -1.56. The molecule has 0 amide bonds. The van der Waals surface area contributed by atoms with E-state index in [1.54, 1.807) is 6.07 Å². The predicted octanol–water partition coefficient (Wildman–Crippen LogP) is 3.43. The van der Waals surface area contributed by atoms with Crippen molar-refractivity contribution in [2.75, 3.05) is 19.6 Å². The van der Waals surface area contributed by atoms with E-state index in [1.165, 1.54) is 12.1 Å². The van der Waals surface area contributed by atoms with Crippen LogP contribution in [0.25, 0.3) is 0 Å². The number of nitrogens with zero attached hydrogens (tertiary/aromatic N) is 1. The molecular formula is C16H20F3NO2. The number of rotatable bonds is 6. The second-order valence-corrected chi connectivity index (χ2v) is 5.78. The van der Waals surface area contributed by atoms with Crippen LogP contribution in [0.1, 0.15) is 30.4 Å². The SMILES string of the molecule is O=C(O)C1CCN(CCCCc2cccc(C(F)(F)F)c2)C1. The van der Waals surface area contributed by atoms with Crippen molar-refractivity contribution in [1.82, 2.24) is 4.90 Å². The quantitative estimate of drug-likeness (QED) is 0.818. The molecule has 1 N–H and O–H groups in total. The second kappa shape index (κ2) is 7.13. The van der Waals surface area contributed by atoms with Gasteiger partial charge in [-0.15, -0.1) is 0 Å². The predicted molar refractivity (Wildman–Crippen MR) is 76.6 cm³/mol. The van der Waals surface area contributed by atoms with Gasteiger partial charge >= 0.3 is 12.1 Å². The van der Waals surface area contributed by atoms with Gasteiger partial charge in [-0.1, -0.05) is 18.2 Å². The Kier molecular flexibility index (Phi) is 5.45. The molecule has 1 aromatic carbocycles. The van der Waals surface area contributed by atoms with E-state index in [9.17, 15) is 18.0 Å². The van der Waals surface area contributed by atoms with E-state index in [-0.39, 0.29) is 5.92 Å². The number of carboxylic acids is 1. The fraction of sp³-hybridized carbons (Fsp3) is 0.562. The summed E-state index contributed by atoms with van der Waals surface area (Å²) in [5.41, 5.74) is 0.0912. The highest BCUT2D eigenvalue weighted by atomic mass is 19.4. The number of halogens is 3. The molecule has 1 unspecified atom stereocenters. The number of alkyl halides is 3.